The second-order valence-electron chi connectivity index (χ2n) is 5.45. The van der Waals surface area contributed by atoms with Crippen molar-refractivity contribution in [1.82, 2.24) is 4.31 Å². The van der Waals surface area contributed by atoms with Gasteiger partial charge in [0, 0.05) is 25.1 Å². The van der Waals surface area contributed by atoms with Crippen LogP contribution in [0.15, 0.2) is 23.1 Å². The molecule has 1 atom stereocenters. The van der Waals surface area contributed by atoms with Crippen LogP contribution >= 0.6 is 0 Å². The van der Waals surface area contributed by atoms with Gasteiger partial charge in [0.15, 0.2) is 6.29 Å². The van der Waals surface area contributed by atoms with Gasteiger partial charge in [0.05, 0.1) is 13.2 Å². The number of piperidine rings is 1. The van der Waals surface area contributed by atoms with E-state index in [4.69, 9.17) is 9.47 Å². The van der Waals surface area contributed by atoms with Gasteiger partial charge < -0.3 is 9.47 Å². The van der Waals surface area contributed by atoms with Crippen molar-refractivity contribution in [1.29, 1.82) is 0 Å². The molecule has 5 nitrogen and oxygen atoms in total. The fourth-order valence-electron chi connectivity index (χ4n) is 2.89. The van der Waals surface area contributed by atoms with Crippen LogP contribution in [-0.4, -0.2) is 45.3 Å². The van der Waals surface area contributed by atoms with Crippen molar-refractivity contribution < 1.29 is 26.7 Å². The van der Waals surface area contributed by atoms with Crippen LogP contribution in [0.5, 0.6) is 0 Å². The number of rotatable bonds is 3. The molecule has 1 aromatic carbocycles. The molecule has 0 radical (unpaired) electrons. The van der Waals surface area contributed by atoms with Crippen LogP contribution in [0.1, 0.15) is 12.8 Å². The van der Waals surface area contributed by atoms with E-state index in [1.165, 1.54) is 4.31 Å². The zero-order valence-corrected chi connectivity index (χ0v) is 12.7. The molecule has 0 aromatic heterocycles. The summed E-state index contributed by atoms with van der Waals surface area (Å²) in [6.07, 6.45) is 1.04. The van der Waals surface area contributed by atoms with Crippen LogP contribution in [0.4, 0.5) is 8.78 Å². The third-order valence-corrected chi connectivity index (χ3v) is 5.86. The normalized spacial score (nSPS) is 24.7. The van der Waals surface area contributed by atoms with E-state index < -0.39 is 32.8 Å². The number of sulfonamides is 1. The highest BCUT2D eigenvalue weighted by atomic mass is 32.2. The highest BCUT2D eigenvalue weighted by molar-refractivity contribution is 7.89. The second kappa shape index (κ2) is 6.19. The van der Waals surface area contributed by atoms with Crippen molar-refractivity contribution >= 4 is 10.0 Å². The molecule has 2 heterocycles. The summed E-state index contributed by atoms with van der Waals surface area (Å²) in [5.41, 5.74) is 0. The van der Waals surface area contributed by atoms with Gasteiger partial charge in [0.2, 0.25) is 10.0 Å². The Labute approximate surface area is 127 Å². The molecule has 2 aliphatic heterocycles. The van der Waals surface area contributed by atoms with Crippen LogP contribution in [0.2, 0.25) is 0 Å². The van der Waals surface area contributed by atoms with Gasteiger partial charge in [-0.15, -0.1) is 0 Å². The molecule has 0 bridgehead atoms. The van der Waals surface area contributed by atoms with Gasteiger partial charge in [-0.1, -0.05) is 0 Å². The average Bonchev–Trinajstić information content (AvgIpc) is 3.01. The molecule has 0 aliphatic carbocycles. The number of halogens is 2. The van der Waals surface area contributed by atoms with E-state index in [0.717, 1.165) is 18.6 Å². The smallest absolute Gasteiger partial charge is 0.245 e. The van der Waals surface area contributed by atoms with Gasteiger partial charge in [0.25, 0.3) is 0 Å². The highest BCUT2D eigenvalue weighted by Gasteiger charge is 2.37. The minimum absolute atomic E-state index is 0.0745. The van der Waals surface area contributed by atoms with Crippen LogP contribution in [0, 0.1) is 17.6 Å². The summed E-state index contributed by atoms with van der Waals surface area (Å²) in [5.74, 6) is -1.95. The minimum Gasteiger partial charge on any atom is -0.350 e. The van der Waals surface area contributed by atoms with Crippen LogP contribution < -0.4 is 0 Å². The molecule has 0 unspecified atom stereocenters. The van der Waals surface area contributed by atoms with Gasteiger partial charge in [-0.05, 0) is 25.0 Å². The lowest BCUT2D eigenvalue weighted by Crippen LogP contribution is -2.44. The van der Waals surface area contributed by atoms with Crippen molar-refractivity contribution in [2.24, 2.45) is 5.92 Å². The molecule has 122 valence electrons. The Balaban J connectivity index is 1.82. The maximum absolute atomic E-state index is 13.8. The summed E-state index contributed by atoms with van der Waals surface area (Å²) in [6.45, 7) is 1.52. The number of hydrogen-bond donors (Lipinski definition) is 0. The number of benzene rings is 1. The Morgan fingerprint density at radius 1 is 1.18 bits per heavy atom. The molecular weight excluding hydrogens is 316 g/mol. The van der Waals surface area contributed by atoms with E-state index in [1.54, 1.807) is 0 Å². The summed E-state index contributed by atoms with van der Waals surface area (Å²) in [6, 6.07) is 2.49. The van der Waals surface area contributed by atoms with Gasteiger partial charge in [0.1, 0.15) is 16.5 Å². The Hall–Kier alpha value is -1.09. The topological polar surface area (TPSA) is 55.8 Å². The summed E-state index contributed by atoms with van der Waals surface area (Å²) in [4.78, 5) is -0.497. The molecule has 0 amide bonds. The molecule has 0 spiro atoms. The predicted octanol–water partition coefficient (Wildman–Crippen LogP) is 1.74. The molecule has 0 N–H and O–H groups in total. The quantitative estimate of drug-likeness (QED) is 0.845. The van der Waals surface area contributed by atoms with Crippen LogP contribution in [0.3, 0.4) is 0 Å². The highest BCUT2D eigenvalue weighted by Crippen LogP contribution is 2.29. The summed E-state index contributed by atoms with van der Waals surface area (Å²) in [7, 11) is -3.99. The van der Waals surface area contributed by atoms with Crippen molar-refractivity contribution in [3.63, 3.8) is 0 Å². The fourth-order valence-corrected chi connectivity index (χ4v) is 4.47. The predicted molar refractivity (Wildman–Crippen MR) is 73.5 cm³/mol. The van der Waals surface area contributed by atoms with Gasteiger partial charge in [-0.3, -0.25) is 0 Å². The summed E-state index contributed by atoms with van der Waals surface area (Å²) in [5, 5.41) is 0. The Kier molecular flexibility index (Phi) is 4.44. The lowest BCUT2D eigenvalue weighted by atomic mass is 9.99. The van der Waals surface area contributed by atoms with E-state index in [1.807, 2.05) is 0 Å². The first-order chi connectivity index (χ1) is 10.5. The van der Waals surface area contributed by atoms with Crippen LogP contribution in [-0.2, 0) is 19.5 Å². The van der Waals surface area contributed by atoms with Gasteiger partial charge in [-0.2, -0.15) is 4.31 Å². The molecule has 2 aliphatic rings. The Bertz CT molecular complexity index is 646. The Morgan fingerprint density at radius 2 is 1.91 bits per heavy atom. The summed E-state index contributed by atoms with van der Waals surface area (Å²) >= 11 is 0. The van der Waals surface area contributed by atoms with Crippen LogP contribution in [0.25, 0.3) is 0 Å². The van der Waals surface area contributed by atoms with Gasteiger partial charge in [-0.25, -0.2) is 17.2 Å². The fraction of sp³-hybridized carbons (Fsp3) is 0.571. The lowest BCUT2D eigenvalue weighted by molar-refractivity contribution is -0.0940. The Morgan fingerprint density at radius 3 is 2.59 bits per heavy atom. The molecule has 3 rings (SSSR count). The van der Waals surface area contributed by atoms with E-state index in [9.17, 15) is 17.2 Å². The van der Waals surface area contributed by atoms with Crippen molar-refractivity contribution in [2.75, 3.05) is 26.3 Å². The molecule has 2 fully saturated rings. The average molecular weight is 333 g/mol. The third-order valence-electron chi connectivity index (χ3n) is 3.96. The van der Waals surface area contributed by atoms with E-state index in [0.29, 0.717) is 32.2 Å². The molecule has 0 saturated carbocycles. The number of nitrogens with zero attached hydrogens (tertiary/aromatic N) is 1. The molecule has 1 aromatic rings. The summed E-state index contributed by atoms with van der Waals surface area (Å²) < 4.78 is 64.0. The molecule has 22 heavy (non-hydrogen) atoms. The maximum atomic E-state index is 13.8. The van der Waals surface area contributed by atoms with Crippen molar-refractivity contribution in [3.05, 3.63) is 29.8 Å². The largest absolute Gasteiger partial charge is 0.350 e. The standard InChI is InChI=1S/C14H17F2NO4S/c15-11-3-4-13(12(16)8-11)22(18,19)17-5-1-2-10(9-17)14-20-6-7-21-14/h3-4,8,10,14H,1-2,5-7,9H2/t10-/m0/s1. The zero-order chi connectivity index (χ0) is 15.7. The zero-order valence-electron chi connectivity index (χ0n) is 11.9. The third kappa shape index (κ3) is 3.01. The SMILES string of the molecule is O=S(=O)(c1ccc(F)cc1F)N1CCC[C@H](C2OCCO2)C1. The first kappa shape index (κ1) is 15.8. The maximum Gasteiger partial charge on any atom is 0.245 e. The van der Waals surface area contributed by atoms with E-state index in [2.05, 4.69) is 0 Å². The number of hydrogen-bond acceptors (Lipinski definition) is 4. The molecule has 8 heteroatoms. The first-order valence-electron chi connectivity index (χ1n) is 7.17. The second-order valence-corrected chi connectivity index (χ2v) is 7.36. The first-order valence-corrected chi connectivity index (χ1v) is 8.61. The molecule has 2 saturated heterocycles. The van der Waals surface area contributed by atoms with E-state index >= 15 is 0 Å². The monoisotopic (exact) mass is 333 g/mol. The van der Waals surface area contributed by atoms with Crippen molar-refractivity contribution in [3.8, 4) is 0 Å². The number of ether oxygens (including phenoxy) is 2. The lowest BCUT2D eigenvalue weighted by Gasteiger charge is -2.33. The van der Waals surface area contributed by atoms with Crippen molar-refractivity contribution in [2.45, 2.75) is 24.0 Å². The van der Waals surface area contributed by atoms with E-state index in [-0.39, 0.29) is 12.5 Å². The minimum atomic E-state index is -3.99. The molecular formula is C14H17F2NO4S. The van der Waals surface area contributed by atoms with Gasteiger partial charge >= 0.3 is 0 Å².